The van der Waals surface area contributed by atoms with Gasteiger partial charge in [0.1, 0.15) is 5.75 Å². The average molecular weight is 474 g/mol. The number of sulfonamides is 1. The molecule has 0 bridgehead atoms. The van der Waals surface area contributed by atoms with Gasteiger partial charge in [-0.3, -0.25) is 13.9 Å². The Morgan fingerprint density at radius 2 is 1.73 bits per heavy atom. The van der Waals surface area contributed by atoms with Crippen LogP contribution < -0.4 is 14.4 Å². The van der Waals surface area contributed by atoms with Crippen molar-refractivity contribution in [1.29, 1.82) is 0 Å². The van der Waals surface area contributed by atoms with E-state index in [0.717, 1.165) is 0 Å². The van der Waals surface area contributed by atoms with Crippen molar-refractivity contribution >= 4 is 27.5 Å². The molecule has 0 spiro atoms. The van der Waals surface area contributed by atoms with Gasteiger partial charge in [0, 0.05) is 37.7 Å². The molecular weight excluding hydrogens is 442 g/mol. The molecule has 1 heterocycles. The van der Waals surface area contributed by atoms with E-state index in [1.54, 1.807) is 48.4 Å². The third-order valence-corrected chi connectivity index (χ3v) is 7.54. The zero-order valence-electron chi connectivity index (χ0n) is 19.4. The second-order valence-electron chi connectivity index (χ2n) is 8.43. The molecule has 2 aromatic carbocycles. The first-order valence-electron chi connectivity index (χ1n) is 11.0. The molecule has 8 nitrogen and oxygen atoms in total. The van der Waals surface area contributed by atoms with Gasteiger partial charge in [-0.05, 0) is 69.2 Å². The third-order valence-electron chi connectivity index (χ3n) is 5.76. The lowest BCUT2D eigenvalue weighted by molar-refractivity contribution is -0.126. The van der Waals surface area contributed by atoms with Crippen LogP contribution in [0.25, 0.3) is 0 Å². The summed E-state index contributed by atoms with van der Waals surface area (Å²) >= 11 is 0. The maximum absolute atomic E-state index is 13.2. The van der Waals surface area contributed by atoms with Crippen molar-refractivity contribution in [3.8, 4) is 5.75 Å². The van der Waals surface area contributed by atoms with Crippen molar-refractivity contribution in [3.63, 3.8) is 0 Å². The van der Waals surface area contributed by atoms with Gasteiger partial charge in [-0.1, -0.05) is 6.07 Å². The number of benzene rings is 2. The molecule has 0 aliphatic carbocycles. The fourth-order valence-electron chi connectivity index (χ4n) is 3.81. The van der Waals surface area contributed by atoms with Crippen LogP contribution in [0, 0.1) is 5.92 Å². The molecule has 0 aromatic heterocycles. The Morgan fingerprint density at radius 1 is 1.09 bits per heavy atom. The summed E-state index contributed by atoms with van der Waals surface area (Å²) in [6.45, 7) is 4.75. The lowest BCUT2D eigenvalue weighted by Gasteiger charge is -2.32. The van der Waals surface area contributed by atoms with E-state index in [1.165, 1.54) is 23.5 Å². The second kappa shape index (κ2) is 10.2. The van der Waals surface area contributed by atoms with Gasteiger partial charge in [-0.15, -0.1) is 0 Å². The minimum absolute atomic E-state index is 0.0201. The summed E-state index contributed by atoms with van der Waals surface area (Å²) in [5, 5.41) is 2.92. The molecule has 0 atom stereocenters. The molecule has 1 aliphatic rings. The van der Waals surface area contributed by atoms with Gasteiger partial charge < -0.3 is 15.0 Å². The number of hydrogen-bond donors (Lipinski definition) is 1. The number of carbonyl (C=O) groups is 2. The largest absolute Gasteiger partial charge is 0.497 e. The van der Waals surface area contributed by atoms with E-state index in [9.17, 15) is 18.0 Å². The van der Waals surface area contributed by atoms with Gasteiger partial charge in [-0.25, -0.2) is 8.42 Å². The number of likely N-dealkylation sites (tertiary alicyclic amines) is 1. The van der Waals surface area contributed by atoms with E-state index < -0.39 is 10.0 Å². The number of nitrogens with zero attached hydrogens (tertiary/aromatic N) is 2. The third kappa shape index (κ3) is 5.65. The van der Waals surface area contributed by atoms with Crippen LogP contribution in [0.4, 0.5) is 5.69 Å². The molecule has 1 aliphatic heterocycles. The van der Waals surface area contributed by atoms with E-state index in [-0.39, 0.29) is 28.7 Å². The summed E-state index contributed by atoms with van der Waals surface area (Å²) < 4.78 is 32.6. The lowest BCUT2D eigenvalue weighted by atomic mass is 9.95. The number of piperidine rings is 1. The van der Waals surface area contributed by atoms with Gasteiger partial charge in [0.15, 0.2) is 0 Å². The van der Waals surface area contributed by atoms with E-state index in [0.29, 0.717) is 42.9 Å². The Kier molecular flexibility index (Phi) is 7.63. The normalized spacial score (nSPS) is 14.8. The van der Waals surface area contributed by atoms with Crippen LogP contribution in [0.15, 0.2) is 53.4 Å². The van der Waals surface area contributed by atoms with Crippen molar-refractivity contribution in [2.24, 2.45) is 5.92 Å². The van der Waals surface area contributed by atoms with E-state index in [1.807, 2.05) is 13.8 Å². The number of hydrogen-bond acceptors (Lipinski definition) is 5. The second-order valence-corrected chi connectivity index (χ2v) is 10.4. The molecular formula is C24H31N3O5S. The van der Waals surface area contributed by atoms with E-state index in [2.05, 4.69) is 5.32 Å². The van der Waals surface area contributed by atoms with Crippen molar-refractivity contribution in [2.45, 2.75) is 37.6 Å². The summed E-state index contributed by atoms with van der Waals surface area (Å²) in [6, 6.07) is 12.9. The summed E-state index contributed by atoms with van der Waals surface area (Å²) in [7, 11) is -0.848. The van der Waals surface area contributed by atoms with Crippen molar-refractivity contribution in [2.75, 3.05) is 31.6 Å². The van der Waals surface area contributed by atoms with E-state index in [4.69, 9.17) is 4.74 Å². The maximum atomic E-state index is 13.2. The molecule has 1 saturated heterocycles. The monoisotopic (exact) mass is 473 g/mol. The molecule has 1 fully saturated rings. The molecule has 3 rings (SSSR count). The Morgan fingerprint density at radius 3 is 2.30 bits per heavy atom. The zero-order valence-corrected chi connectivity index (χ0v) is 20.3. The number of rotatable bonds is 7. The van der Waals surface area contributed by atoms with Crippen molar-refractivity contribution in [3.05, 3.63) is 54.1 Å². The molecule has 1 N–H and O–H groups in total. The average Bonchev–Trinajstić information content (AvgIpc) is 2.83. The number of amides is 2. The standard InChI is InChI=1S/C24H31N3O5S/c1-17(2)25-23(28)18-12-14-27(15-13-18)24(29)19-6-5-7-22(16-19)33(30,31)26(3)20-8-10-21(32-4)11-9-20/h5-11,16-18H,12-15H2,1-4H3,(H,25,28). The first-order chi connectivity index (χ1) is 15.6. The van der Waals surface area contributed by atoms with Gasteiger partial charge in [0.2, 0.25) is 5.91 Å². The maximum Gasteiger partial charge on any atom is 0.264 e. The quantitative estimate of drug-likeness (QED) is 0.667. The molecule has 0 saturated carbocycles. The van der Waals surface area contributed by atoms with Crippen LogP contribution in [-0.4, -0.2) is 58.4 Å². The molecule has 178 valence electrons. The fraction of sp³-hybridized carbons (Fsp3) is 0.417. The highest BCUT2D eigenvalue weighted by atomic mass is 32.2. The van der Waals surface area contributed by atoms with Crippen molar-refractivity contribution < 1.29 is 22.7 Å². The lowest BCUT2D eigenvalue weighted by Crippen LogP contribution is -2.44. The Balaban J connectivity index is 1.72. The Labute approximate surface area is 195 Å². The topological polar surface area (TPSA) is 96.0 Å². The minimum atomic E-state index is -3.86. The van der Waals surface area contributed by atoms with Crippen LogP contribution >= 0.6 is 0 Å². The fourth-order valence-corrected chi connectivity index (χ4v) is 5.05. The number of ether oxygens (including phenoxy) is 1. The van der Waals surface area contributed by atoms with Gasteiger partial charge >= 0.3 is 0 Å². The number of anilines is 1. The molecule has 33 heavy (non-hydrogen) atoms. The predicted octanol–water partition coefficient (Wildman–Crippen LogP) is 2.90. The van der Waals surface area contributed by atoms with Crippen LogP contribution in [-0.2, 0) is 14.8 Å². The highest BCUT2D eigenvalue weighted by Gasteiger charge is 2.29. The van der Waals surface area contributed by atoms with Gasteiger partial charge in [-0.2, -0.15) is 0 Å². The van der Waals surface area contributed by atoms with Gasteiger partial charge in [0.25, 0.3) is 15.9 Å². The highest BCUT2D eigenvalue weighted by molar-refractivity contribution is 7.92. The molecule has 0 radical (unpaired) electrons. The number of carbonyl (C=O) groups excluding carboxylic acids is 2. The SMILES string of the molecule is COc1ccc(N(C)S(=O)(=O)c2cccc(C(=O)N3CCC(C(=O)NC(C)C)CC3)c2)cc1. The molecule has 0 unspecified atom stereocenters. The Hall–Kier alpha value is -3.07. The molecule has 9 heteroatoms. The first kappa shape index (κ1) is 24.6. The molecule has 2 amide bonds. The van der Waals surface area contributed by atoms with Crippen LogP contribution in [0.3, 0.4) is 0 Å². The predicted molar refractivity (Wildman–Crippen MR) is 127 cm³/mol. The van der Waals surface area contributed by atoms with Crippen molar-refractivity contribution in [1.82, 2.24) is 10.2 Å². The minimum Gasteiger partial charge on any atom is -0.497 e. The summed E-state index contributed by atoms with van der Waals surface area (Å²) in [5.74, 6) is 0.303. The van der Waals surface area contributed by atoms with Gasteiger partial charge in [0.05, 0.1) is 17.7 Å². The van der Waals surface area contributed by atoms with Crippen LogP contribution in [0.1, 0.15) is 37.0 Å². The van der Waals surface area contributed by atoms with Crippen LogP contribution in [0.5, 0.6) is 5.75 Å². The van der Waals surface area contributed by atoms with Crippen LogP contribution in [0.2, 0.25) is 0 Å². The summed E-state index contributed by atoms with van der Waals surface area (Å²) in [4.78, 5) is 27.0. The first-order valence-corrected chi connectivity index (χ1v) is 12.4. The van der Waals surface area contributed by atoms with E-state index >= 15 is 0 Å². The highest BCUT2D eigenvalue weighted by Crippen LogP contribution is 2.26. The Bertz CT molecular complexity index is 1090. The smallest absolute Gasteiger partial charge is 0.264 e. The molecule has 2 aromatic rings. The number of nitrogens with one attached hydrogen (secondary N) is 1. The number of methoxy groups -OCH3 is 1. The summed E-state index contributed by atoms with van der Waals surface area (Å²) in [6.07, 6.45) is 1.17. The summed E-state index contributed by atoms with van der Waals surface area (Å²) in [5.41, 5.74) is 0.790. The zero-order chi connectivity index (χ0) is 24.2.